The first-order valence-electron chi connectivity index (χ1n) is 5.43. The van der Waals surface area contributed by atoms with E-state index in [2.05, 4.69) is 5.28 Å². The van der Waals surface area contributed by atoms with Crippen LogP contribution in [-0.2, 0) is 0 Å². The molecule has 0 saturated carbocycles. The quantitative estimate of drug-likeness (QED) is 0.335. The molecule has 0 aliphatic heterocycles. The second-order valence-corrected chi connectivity index (χ2v) is 3.29. The van der Waals surface area contributed by atoms with Crippen molar-refractivity contribution < 1.29 is 14.7 Å². The fourth-order valence-electron chi connectivity index (χ4n) is 1.28. The van der Waals surface area contributed by atoms with E-state index in [0.29, 0.717) is 13.1 Å². The van der Waals surface area contributed by atoms with Crippen molar-refractivity contribution in [2.75, 3.05) is 13.1 Å². The van der Waals surface area contributed by atoms with Crippen LogP contribution >= 0.6 is 0 Å². The van der Waals surface area contributed by atoms with Crippen molar-refractivity contribution >= 4 is 5.69 Å². The number of rotatable bonds is 6. The van der Waals surface area contributed by atoms with Crippen molar-refractivity contribution in [3.05, 3.63) is 39.6 Å². The Kier molecular flexibility index (Phi) is 4.85. The maximum atomic E-state index is 11.4. The Bertz CT molecular complexity index is 445. The Morgan fingerprint density at radius 1 is 1.28 bits per heavy atom. The summed E-state index contributed by atoms with van der Waals surface area (Å²) >= 11 is 0. The molecule has 0 radical (unpaired) electrons. The third-order valence-electron chi connectivity index (χ3n) is 2.24. The van der Waals surface area contributed by atoms with E-state index in [-0.39, 0.29) is 16.4 Å². The predicted octanol–water partition coefficient (Wildman–Crippen LogP) is 2.11. The maximum absolute atomic E-state index is 11.4. The van der Waals surface area contributed by atoms with Gasteiger partial charge in [-0.2, -0.15) is 0 Å². The third-order valence-corrected chi connectivity index (χ3v) is 2.24. The second kappa shape index (κ2) is 6.38. The highest BCUT2D eigenvalue weighted by Crippen LogP contribution is 2.25. The van der Waals surface area contributed by atoms with Crippen LogP contribution in [0.4, 0.5) is 5.69 Å². The monoisotopic (exact) mass is 254 g/mol. The van der Waals surface area contributed by atoms with Crippen molar-refractivity contribution in [2.24, 2.45) is 5.28 Å². The van der Waals surface area contributed by atoms with Crippen LogP contribution in [0.2, 0.25) is 0 Å². The van der Waals surface area contributed by atoms with Crippen LogP contribution in [0.1, 0.15) is 13.8 Å². The molecule has 0 atom stereocenters. The lowest BCUT2D eigenvalue weighted by atomic mass is 10.3. The van der Waals surface area contributed by atoms with Gasteiger partial charge in [-0.15, -0.1) is 5.01 Å². The van der Waals surface area contributed by atoms with E-state index >= 15 is 0 Å². The van der Waals surface area contributed by atoms with E-state index in [9.17, 15) is 15.3 Å². The molecule has 0 fully saturated rings. The van der Waals surface area contributed by atoms with Crippen LogP contribution in [0.3, 0.4) is 0 Å². The molecule has 0 bridgehead atoms. The lowest BCUT2D eigenvalue weighted by Crippen LogP contribution is -2.30. The van der Waals surface area contributed by atoms with E-state index < -0.39 is 4.92 Å². The first-order valence-corrected chi connectivity index (χ1v) is 5.43. The number of hydrazine groups is 1. The van der Waals surface area contributed by atoms with Crippen LogP contribution in [0.15, 0.2) is 29.5 Å². The van der Waals surface area contributed by atoms with Gasteiger partial charge in [0.1, 0.15) is 0 Å². The van der Waals surface area contributed by atoms with Gasteiger partial charge in [0.05, 0.1) is 23.0 Å². The summed E-state index contributed by atoms with van der Waals surface area (Å²) in [6.07, 6.45) is 0. The average Bonchev–Trinajstić information content (AvgIpc) is 2.38. The summed E-state index contributed by atoms with van der Waals surface area (Å²) in [5.74, 6) is -0.0736. The molecule has 18 heavy (non-hydrogen) atoms. The molecule has 0 aliphatic rings. The van der Waals surface area contributed by atoms with Crippen LogP contribution in [0.25, 0.3) is 0 Å². The first kappa shape index (κ1) is 13.7. The van der Waals surface area contributed by atoms with Gasteiger partial charge in [0.2, 0.25) is 11.0 Å². The lowest BCUT2D eigenvalue weighted by Gasteiger charge is -2.13. The molecule has 1 aromatic carbocycles. The highest BCUT2D eigenvalue weighted by molar-refractivity contribution is 5.45. The van der Waals surface area contributed by atoms with Gasteiger partial charge in [-0.1, -0.05) is 12.1 Å². The van der Waals surface area contributed by atoms with Gasteiger partial charge in [0, 0.05) is 6.07 Å². The Hall–Kier alpha value is -2.38. The number of nitrogens with zero attached hydrogens (tertiary/aromatic N) is 4. The molecular formula is C10H14N4O4. The SMILES string of the molecule is CCN(CC)/[N+]([O-])=N/Oc1ccccc1[N+](=O)[O-]. The molecule has 1 aromatic rings. The van der Waals surface area contributed by atoms with Crippen molar-refractivity contribution in [3.8, 4) is 5.75 Å². The molecule has 8 heteroatoms. The number of nitro benzene ring substituents is 1. The Morgan fingerprint density at radius 2 is 1.89 bits per heavy atom. The summed E-state index contributed by atoms with van der Waals surface area (Å²) in [5, 5.41) is 26.8. The highest BCUT2D eigenvalue weighted by atomic mass is 16.7. The molecule has 0 heterocycles. The molecule has 0 unspecified atom stereocenters. The Morgan fingerprint density at radius 3 is 2.44 bits per heavy atom. The largest absolute Gasteiger partial charge is 0.569 e. The second-order valence-electron chi connectivity index (χ2n) is 3.29. The van der Waals surface area contributed by atoms with Crippen LogP contribution in [0.5, 0.6) is 5.75 Å². The third kappa shape index (κ3) is 3.30. The van der Waals surface area contributed by atoms with Crippen molar-refractivity contribution in [1.82, 2.24) is 5.01 Å². The van der Waals surface area contributed by atoms with Crippen LogP contribution in [-0.4, -0.2) is 28.0 Å². The normalized spacial score (nSPS) is 11.1. The topological polar surface area (TPSA) is 94.0 Å². The fraction of sp³-hybridized carbons (Fsp3) is 0.400. The highest BCUT2D eigenvalue weighted by Gasteiger charge is 2.16. The summed E-state index contributed by atoms with van der Waals surface area (Å²) in [4.78, 5) is 15.2. The number of hydrogen-bond donors (Lipinski definition) is 0. The summed E-state index contributed by atoms with van der Waals surface area (Å²) in [6.45, 7) is 4.50. The van der Waals surface area contributed by atoms with Gasteiger partial charge in [0.25, 0.3) is 0 Å². The average molecular weight is 254 g/mol. The van der Waals surface area contributed by atoms with Gasteiger partial charge < -0.3 is 5.21 Å². The lowest BCUT2D eigenvalue weighted by molar-refractivity contribution is -0.706. The number of nitro groups is 1. The summed E-state index contributed by atoms with van der Waals surface area (Å²) < 4.78 is 0. The van der Waals surface area contributed by atoms with Gasteiger partial charge in [-0.05, 0) is 19.9 Å². The molecule has 1 rings (SSSR count). The molecule has 98 valence electrons. The van der Waals surface area contributed by atoms with E-state index in [0.717, 1.165) is 0 Å². The van der Waals surface area contributed by atoms with E-state index in [4.69, 9.17) is 4.84 Å². The van der Waals surface area contributed by atoms with Gasteiger partial charge >= 0.3 is 5.69 Å². The minimum Gasteiger partial charge on any atom is -0.569 e. The summed E-state index contributed by atoms with van der Waals surface area (Å²) in [7, 11) is 0. The molecule has 0 N–H and O–H groups in total. The van der Waals surface area contributed by atoms with Crippen molar-refractivity contribution in [1.29, 1.82) is 0 Å². The summed E-state index contributed by atoms with van der Waals surface area (Å²) in [5.41, 5.74) is -0.241. The zero-order valence-corrected chi connectivity index (χ0v) is 10.1. The smallest absolute Gasteiger partial charge is 0.314 e. The fourth-order valence-corrected chi connectivity index (χ4v) is 1.28. The molecule has 0 aliphatic carbocycles. The zero-order valence-electron chi connectivity index (χ0n) is 10.1. The number of para-hydroxylation sites is 2. The molecule has 8 nitrogen and oxygen atoms in total. The predicted molar refractivity (Wildman–Crippen MR) is 62.7 cm³/mol. The molecule has 0 aromatic heterocycles. The van der Waals surface area contributed by atoms with E-state index in [1.807, 2.05) is 0 Å². The standard InChI is InChI=1S/C10H14N4O4/c1-3-12(4-2)14(17)11-18-10-8-6-5-7-9(10)13(15)16/h5-8H,3-4H2,1-2H3/b14-11-. The number of hydrogen-bond acceptors (Lipinski definition) is 5. The minimum absolute atomic E-state index is 0.0736. The van der Waals surface area contributed by atoms with Crippen LogP contribution < -0.4 is 4.84 Å². The maximum Gasteiger partial charge on any atom is 0.314 e. The summed E-state index contributed by atoms with van der Waals surface area (Å²) in [6, 6.07) is 5.71. The van der Waals surface area contributed by atoms with Crippen molar-refractivity contribution in [3.63, 3.8) is 0 Å². The zero-order chi connectivity index (χ0) is 13.5. The molecular weight excluding hydrogens is 240 g/mol. The van der Waals surface area contributed by atoms with E-state index in [1.165, 1.54) is 23.2 Å². The van der Waals surface area contributed by atoms with E-state index in [1.54, 1.807) is 19.9 Å². The number of benzene rings is 1. The molecule has 0 saturated heterocycles. The molecule has 0 spiro atoms. The Labute approximate surface area is 104 Å². The Balaban J connectivity index is 2.85. The first-order chi connectivity index (χ1) is 8.60. The van der Waals surface area contributed by atoms with Gasteiger partial charge in [0.15, 0.2) is 0 Å². The molecule has 0 amide bonds. The van der Waals surface area contributed by atoms with Crippen molar-refractivity contribution in [2.45, 2.75) is 13.8 Å². The van der Waals surface area contributed by atoms with Gasteiger partial charge in [-0.25, -0.2) is 0 Å². The minimum atomic E-state index is -0.600. The van der Waals surface area contributed by atoms with Crippen LogP contribution in [0, 0.1) is 15.3 Å². The van der Waals surface area contributed by atoms with Gasteiger partial charge in [-0.3, -0.25) is 15.0 Å².